The van der Waals surface area contributed by atoms with Gasteiger partial charge in [-0.2, -0.15) is 5.10 Å². The van der Waals surface area contributed by atoms with Crippen molar-refractivity contribution in [1.29, 1.82) is 0 Å². The van der Waals surface area contributed by atoms with Crippen LogP contribution in [0.5, 0.6) is 0 Å². The first-order valence-corrected chi connectivity index (χ1v) is 7.53. The van der Waals surface area contributed by atoms with E-state index in [2.05, 4.69) is 42.3 Å². The molecule has 4 nitrogen and oxygen atoms in total. The lowest BCUT2D eigenvalue weighted by molar-refractivity contribution is 0.0424. The fourth-order valence-corrected chi connectivity index (χ4v) is 3.46. The van der Waals surface area contributed by atoms with Crippen molar-refractivity contribution in [2.75, 3.05) is 20.1 Å². The van der Waals surface area contributed by atoms with Crippen LogP contribution in [0.15, 0.2) is 12.3 Å². The van der Waals surface area contributed by atoms with Crippen LogP contribution >= 0.6 is 0 Å². The Bertz CT molecular complexity index is 395. The van der Waals surface area contributed by atoms with Gasteiger partial charge in [-0.25, -0.2) is 0 Å². The predicted octanol–water partition coefficient (Wildman–Crippen LogP) is 2.34. The Hall–Kier alpha value is -0.870. The average Bonchev–Trinajstić information content (AvgIpc) is 2.86. The molecule has 0 amide bonds. The van der Waals surface area contributed by atoms with E-state index in [-0.39, 0.29) is 5.54 Å². The third kappa shape index (κ3) is 2.70. The normalized spacial score (nSPS) is 22.1. The van der Waals surface area contributed by atoms with Gasteiger partial charge in [-0.1, -0.05) is 13.3 Å². The molecule has 1 aromatic rings. The minimum atomic E-state index is 0.156. The molecule has 1 aromatic heterocycles. The van der Waals surface area contributed by atoms with Crippen LogP contribution in [-0.2, 0) is 7.05 Å². The Labute approximate surface area is 117 Å². The molecule has 0 radical (unpaired) electrons. The van der Waals surface area contributed by atoms with Crippen LogP contribution in [-0.4, -0.2) is 40.4 Å². The largest absolute Gasteiger partial charge is 0.310 e. The van der Waals surface area contributed by atoms with Crippen LogP contribution in [0.2, 0.25) is 0 Å². The van der Waals surface area contributed by atoms with Gasteiger partial charge in [-0.05, 0) is 52.4 Å². The zero-order valence-electron chi connectivity index (χ0n) is 12.8. The number of hydrogen-bond acceptors (Lipinski definition) is 3. The zero-order chi connectivity index (χ0) is 13.9. The van der Waals surface area contributed by atoms with Gasteiger partial charge in [0.05, 0.1) is 11.7 Å². The highest BCUT2D eigenvalue weighted by Gasteiger charge is 2.39. The second-order valence-electron chi connectivity index (χ2n) is 5.86. The summed E-state index contributed by atoms with van der Waals surface area (Å²) in [4.78, 5) is 2.67. The number of piperidine rings is 1. The molecule has 0 spiro atoms. The van der Waals surface area contributed by atoms with Crippen molar-refractivity contribution < 1.29 is 0 Å². The fourth-order valence-electron chi connectivity index (χ4n) is 3.46. The topological polar surface area (TPSA) is 33.1 Å². The molecule has 1 N–H and O–H groups in total. The quantitative estimate of drug-likeness (QED) is 0.886. The predicted molar refractivity (Wildman–Crippen MR) is 79.1 cm³/mol. The number of aryl methyl sites for hydroxylation is 1. The van der Waals surface area contributed by atoms with Crippen LogP contribution in [0, 0.1) is 0 Å². The molecule has 19 heavy (non-hydrogen) atoms. The standard InChI is InChI=1S/C15H28N4/c1-5-15(2,19-11-7-6-8-12-19)14(16-3)13-9-10-17-18(13)4/h9-10,14,16H,5-8,11-12H2,1-4H3. The fraction of sp³-hybridized carbons (Fsp3) is 0.800. The number of likely N-dealkylation sites (tertiary alicyclic amines) is 1. The smallest absolute Gasteiger partial charge is 0.0673 e. The maximum atomic E-state index is 4.34. The molecule has 1 aliphatic rings. The summed E-state index contributed by atoms with van der Waals surface area (Å²) >= 11 is 0. The number of hydrogen-bond donors (Lipinski definition) is 1. The first kappa shape index (κ1) is 14.5. The Morgan fingerprint density at radius 3 is 2.53 bits per heavy atom. The number of likely N-dealkylation sites (N-methyl/N-ethyl adjacent to an activating group) is 1. The molecule has 1 saturated heterocycles. The van der Waals surface area contributed by atoms with E-state index in [0.717, 1.165) is 6.42 Å². The molecular weight excluding hydrogens is 236 g/mol. The zero-order valence-corrected chi connectivity index (χ0v) is 12.8. The molecule has 2 atom stereocenters. The number of rotatable bonds is 5. The minimum absolute atomic E-state index is 0.156. The maximum Gasteiger partial charge on any atom is 0.0673 e. The van der Waals surface area contributed by atoms with Gasteiger partial charge in [0.2, 0.25) is 0 Å². The van der Waals surface area contributed by atoms with Crippen LogP contribution < -0.4 is 5.32 Å². The minimum Gasteiger partial charge on any atom is -0.310 e. The molecule has 1 aliphatic heterocycles. The van der Waals surface area contributed by atoms with Crippen molar-refractivity contribution >= 4 is 0 Å². The molecule has 1 fully saturated rings. The number of nitrogens with one attached hydrogen (secondary N) is 1. The molecule has 2 rings (SSSR count). The average molecular weight is 264 g/mol. The summed E-state index contributed by atoms with van der Waals surface area (Å²) < 4.78 is 2.00. The van der Waals surface area contributed by atoms with Gasteiger partial charge in [0.25, 0.3) is 0 Å². The summed E-state index contributed by atoms with van der Waals surface area (Å²) in [6.45, 7) is 7.14. The molecule has 108 valence electrons. The number of nitrogens with zero attached hydrogens (tertiary/aromatic N) is 3. The van der Waals surface area contributed by atoms with Crippen LogP contribution in [0.3, 0.4) is 0 Å². The van der Waals surface area contributed by atoms with Gasteiger partial charge in [-0.3, -0.25) is 9.58 Å². The van der Waals surface area contributed by atoms with Crippen molar-refractivity contribution in [3.05, 3.63) is 18.0 Å². The Balaban J connectivity index is 2.29. The van der Waals surface area contributed by atoms with Gasteiger partial charge in [0.1, 0.15) is 0 Å². The van der Waals surface area contributed by atoms with E-state index >= 15 is 0 Å². The molecule has 0 aromatic carbocycles. The van der Waals surface area contributed by atoms with Crippen molar-refractivity contribution in [2.45, 2.75) is 51.1 Å². The summed E-state index contributed by atoms with van der Waals surface area (Å²) in [5, 5.41) is 7.87. The van der Waals surface area contributed by atoms with Crippen LogP contribution in [0.4, 0.5) is 0 Å². The van der Waals surface area contributed by atoms with E-state index < -0.39 is 0 Å². The Morgan fingerprint density at radius 1 is 1.37 bits per heavy atom. The van der Waals surface area contributed by atoms with Gasteiger partial charge < -0.3 is 5.32 Å². The van der Waals surface area contributed by atoms with Crippen molar-refractivity contribution in [3.8, 4) is 0 Å². The SMILES string of the molecule is CCC(C)(C(NC)c1ccnn1C)N1CCCCC1. The lowest BCUT2D eigenvalue weighted by atomic mass is 9.83. The van der Waals surface area contributed by atoms with Crippen molar-refractivity contribution in [1.82, 2.24) is 20.0 Å². The number of aromatic nitrogens is 2. The molecular formula is C15H28N4. The van der Waals surface area contributed by atoms with Gasteiger partial charge in [0, 0.05) is 18.8 Å². The van der Waals surface area contributed by atoms with E-state index in [1.165, 1.54) is 38.0 Å². The van der Waals surface area contributed by atoms with Gasteiger partial charge >= 0.3 is 0 Å². The van der Waals surface area contributed by atoms with E-state index in [1.807, 2.05) is 17.9 Å². The Morgan fingerprint density at radius 2 is 2.05 bits per heavy atom. The molecule has 4 heteroatoms. The summed E-state index contributed by atoms with van der Waals surface area (Å²) in [7, 11) is 4.10. The van der Waals surface area contributed by atoms with Crippen LogP contribution in [0.25, 0.3) is 0 Å². The van der Waals surface area contributed by atoms with E-state index in [1.54, 1.807) is 0 Å². The molecule has 0 aliphatic carbocycles. The molecule has 0 bridgehead atoms. The van der Waals surface area contributed by atoms with Gasteiger partial charge in [0.15, 0.2) is 0 Å². The highest BCUT2D eigenvalue weighted by molar-refractivity contribution is 5.14. The monoisotopic (exact) mass is 264 g/mol. The van der Waals surface area contributed by atoms with E-state index in [9.17, 15) is 0 Å². The van der Waals surface area contributed by atoms with Crippen LogP contribution in [0.1, 0.15) is 51.3 Å². The maximum absolute atomic E-state index is 4.34. The lowest BCUT2D eigenvalue weighted by Gasteiger charge is -2.47. The molecule has 0 saturated carbocycles. The first-order chi connectivity index (χ1) is 9.13. The Kier molecular flexibility index (Phi) is 4.63. The summed E-state index contributed by atoms with van der Waals surface area (Å²) in [5.74, 6) is 0. The highest BCUT2D eigenvalue weighted by atomic mass is 15.3. The first-order valence-electron chi connectivity index (χ1n) is 7.53. The molecule has 2 heterocycles. The third-order valence-corrected chi connectivity index (χ3v) is 4.86. The lowest BCUT2D eigenvalue weighted by Crippen LogP contribution is -2.55. The van der Waals surface area contributed by atoms with Crippen molar-refractivity contribution in [3.63, 3.8) is 0 Å². The van der Waals surface area contributed by atoms with E-state index in [4.69, 9.17) is 0 Å². The summed E-state index contributed by atoms with van der Waals surface area (Å²) in [6.07, 6.45) is 7.08. The summed E-state index contributed by atoms with van der Waals surface area (Å²) in [6, 6.07) is 2.46. The van der Waals surface area contributed by atoms with Gasteiger partial charge in [-0.15, -0.1) is 0 Å². The highest BCUT2D eigenvalue weighted by Crippen LogP contribution is 2.35. The molecule has 2 unspecified atom stereocenters. The summed E-state index contributed by atoms with van der Waals surface area (Å²) in [5.41, 5.74) is 1.43. The third-order valence-electron chi connectivity index (χ3n) is 4.86. The van der Waals surface area contributed by atoms with Crippen molar-refractivity contribution in [2.24, 2.45) is 7.05 Å². The van der Waals surface area contributed by atoms with E-state index in [0.29, 0.717) is 6.04 Å². The second kappa shape index (κ2) is 6.06. The second-order valence-corrected chi connectivity index (χ2v) is 5.86.